The van der Waals surface area contributed by atoms with Gasteiger partial charge in [-0.25, -0.2) is 0 Å². The lowest BCUT2D eigenvalue weighted by Gasteiger charge is -2.28. The number of likely N-dealkylation sites (N-methyl/N-ethyl adjacent to an activating group) is 1. The quantitative estimate of drug-likeness (QED) is 0.755. The molecule has 0 bridgehead atoms. The third-order valence-electron chi connectivity index (χ3n) is 5.29. The third-order valence-corrected chi connectivity index (χ3v) is 6.15. The van der Waals surface area contributed by atoms with Gasteiger partial charge in [0.2, 0.25) is 5.91 Å². The van der Waals surface area contributed by atoms with Crippen LogP contribution in [-0.4, -0.2) is 30.3 Å². The van der Waals surface area contributed by atoms with Crippen LogP contribution in [0.25, 0.3) is 0 Å². The van der Waals surface area contributed by atoms with Gasteiger partial charge in [-0.3, -0.25) is 9.59 Å². The molecule has 2 aromatic rings. The molecule has 27 heavy (non-hydrogen) atoms. The minimum atomic E-state index is -0.108. The molecule has 1 saturated carbocycles. The number of carbonyl (C=O) groups excluding carboxylic acids is 2. The normalized spacial score (nSPS) is 15.9. The molecule has 1 fully saturated rings. The van der Waals surface area contributed by atoms with Crippen molar-refractivity contribution in [1.82, 2.24) is 10.2 Å². The summed E-state index contributed by atoms with van der Waals surface area (Å²) in [5.41, 5.74) is 1.14. The molecule has 1 aliphatic carbocycles. The third kappa shape index (κ3) is 5.67. The van der Waals surface area contributed by atoms with Crippen LogP contribution in [0.4, 0.5) is 0 Å². The van der Waals surface area contributed by atoms with Gasteiger partial charge in [-0.1, -0.05) is 68.5 Å². The standard InChI is InChI=1S/C22H28N2O2S/c1-24(22(26)20-13-8-14-27-20)16-21(25)23-19(18-11-6-3-7-12-18)15-17-9-4-2-5-10-17/h3,6-8,11-14,17,19H,2,4-5,9-10,15-16H2,1H3,(H,23,25). The maximum Gasteiger partial charge on any atom is 0.264 e. The largest absolute Gasteiger partial charge is 0.348 e. The van der Waals surface area contributed by atoms with Gasteiger partial charge >= 0.3 is 0 Å². The zero-order chi connectivity index (χ0) is 19.1. The smallest absolute Gasteiger partial charge is 0.264 e. The molecule has 144 valence electrons. The molecule has 3 rings (SSSR count). The number of nitrogens with zero attached hydrogens (tertiary/aromatic N) is 1. The number of nitrogens with one attached hydrogen (secondary N) is 1. The van der Waals surface area contributed by atoms with Crippen LogP contribution in [0.2, 0.25) is 0 Å². The van der Waals surface area contributed by atoms with Gasteiger partial charge in [-0.05, 0) is 29.3 Å². The van der Waals surface area contributed by atoms with Crippen molar-refractivity contribution in [3.05, 3.63) is 58.3 Å². The van der Waals surface area contributed by atoms with E-state index in [0.717, 1.165) is 12.0 Å². The summed E-state index contributed by atoms with van der Waals surface area (Å²) in [5, 5.41) is 5.05. The summed E-state index contributed by atoms with van der Waals surface area (Å²) in [6.07, 6.45) is 7.37. The molecule has 1 aromatic heterocycles. The Bertz CT molecular complexity index is 724. The van der Waals surface area contributed by atoms with E-state index >= 15 is 0 Å². The Kier molecular flexibility index (Phi) is 7.04. The molecule has 1 aliphatic rings. The van der Waals surface area contributed by atoms with Crippen molar-refractivity contribution >= 4 is 23.2 Å². The van der Waals surface area contributed by atoms with E-state index < -0.39 is 0 Å². The Morgan fingerprint density at radius 3 is 2.52 bits per heavy atom. The van der Waals surface area contributed by atoms with Gasteiger partial charge in [0.25, 0.3) is 5.91 Å². The molecular weight excluding hydrogens is 356 g/mol. The minimum absolute atomic E-state index is 0.00652. The topological polar surface area (TPSA) is 49.4 Å². The number of benzene rings is 1. The van der Waals surface area contributed by atoms with Crippen molar-refractivity contribution in [2.24, 2.45) is 5.92 Å². The fraction of sp³-hybridized carbons (Fsp3) is 0.455. The summed E-state index contributed by atoms with van der Waals surface area (Å²) >= 11 is 1.40. The highest BCUT2D eigenvalue weighted by atomic mass is 32.1. The van der Waals surface area contributed by atoms with Crippen LogP contribution < -0.4 is 5.32 Å². The van der Waals surface area contributed by atoms with E-state index in [0.29, 0.717) is 10.8 Å². The second-order valence-corrected chi connectivity index (χ2v) is 8.36. The Morgan fingerprint density at radius 2 is 1.85 bits per heavy atom. The average molecular weight is 385 g/mol. The number of hydrogen-bond acceptors (Lipinski definition) is 3. The van der Waals surface area contributed by atoms with E-state index in [4.69, 9.17) is 0 Å². The maximum absolute atomic E-state index is 12.7. The van der Waals surface area contributed by atoms with Crippen molar-refractivity contribution in [3.63, 3.8) is 0 Å². The molecule has 1 N–H and O–H groups in total. The van der Waals surface area contributed by atoms with E-state index in [9.17, 15) is 9.59 Å². The molecule has 0 saturated heterocycles. The second kappa shape index (κ2) is 9.70. The molecule has 1 aromatic carbocycles. The number of amides is 2. The van der Waals surface area contributed by atoms with Gasteiger partial charge in [0.1, 0.15) is 0 Å². The SMILES string of the molecule is CN(CC(=O)NC(CC1CCCCC1)c1ccccc1)C(=O)c1cccs1. The molecule has 0 radical (unpaired) electrons. The zero-order valence-corrected chi connectivity index (χ0v) is 16.7. The molecule has 2 amide bonds. The van der Waals surface area contributed by atoms with Crippen molar-refractivity contribution in [2.75, 3.05) is 13.6 Å². The zero-order valence-electron chi connectivity index (χ0n) is 15.9. The first kappa shape index (κ1) is 19.6. The van der Waals surface area contributed by atoms with Crippen LogP contribution >= 0.6 is 11.3 Å². The van der Waals surface area contributed by atoms with Gasteiger partial charge in [0.05, 0.1) is 17.5 Å². The molecular formula is C22H28N2O2S. The number of hydrogen-bond donors (Lipinski definition) is 1. The molecule has 0 spiro atoms. The highest BCUT2D eigenvalue weighted by Gasteiger charge is 2.23. The first-order chi connectivity index (χ1) is 13.1. The molecule has 1 unspecified atom stereocenters. The average Bonchev–Trinajstić information content (AvgIpc) is 3.23. The maximum atomic E-state index is 12.7. The molecule has 0 aliphatic heterocycles. The summed E-state index contributed by atoms with van der Waals surface area (Å²) in [6, 6.07) is 13.8. The predicted octanol–water partition coefficient (Wildman–Crippen LogP) is 4.65. The van der Waals surface area contributed by atoms with Crippen molar-refractivity contribution in [1.29, 1.82) is 0 Å². The van der Waals surface area contributed by atoms with Crippen LogP contribution in [0, 0.1) is 5.92 Å². The lowest BCUT2D eigenvalue weighted by atomic mass is 9.83. The summed E-state index contributed by atoms with van der Waals surface area (Å²) < 4.78 is 0. The number of rotatable bonds is 7. The fourth-order valence-electron chi connectivity index (χ4n) is 3.84. The van der Waals surface area contributed by atoms with Crippen molar-refractivity contribution in [3.8, 4) is 0 Å². The van der Waals surface area contributed by atoms with Gasteiger partial charge in [0.15, 0.2) is 0 Å². The van der Waals surface area contributed by atoms with E-state index in [1.54, 1.807) is 13.1 Å². The summed E-state index contributed by atoms with van der Waals surface area (Å²) in [5.74, 6) is 0.450. The molecule has 5 heteroatoms. The number of carbonyl (C=O) groups is 2. The summed E-state index contributed by atoms with van der Waals surface area (Å²) in [6.45, 7) is 0.0741. The Labute approximate surface area is 165 Å². The lowest BCUT2D eigenvalue weighted by Crippen LogP contribution is -2.40. The molecule has 1 atom stereocenters. The van der Waals surface area contributed by atoms with Crippen LogP contribution in [0.1, 0.15) is 59.8 Å². The van der Waals surface area contributed by atoms with E-state index in [1.807, 2.05) is 29.6 Å². The van der Waals surface area contributed by atoms with Crippen LogP contribution in [0.5, 0.6) is 0 Å². The molecule has 1 heterocycles. The Hall–Kier alpha value is -2.14. The van der Waals surface area contributed by atoms with E-state index in [1.165, 1.54) is 48.3 Å². The van der Waals surface area contributed by atoms with Gasteiger partial charge in [0, 0.05) is 7.05 Å². The van der Waals surface area contributed by atoms with Crippen LogP contribution in [0.3, 0.4) is 0 Å². The predicted molar refractivity (Wildman–Crippen MR) is 110 cm³/mol. The first-order valence-corrected chi connectivity index (χ1v) is 10.6. The van der Waals surface area contributed by atoms with Crippen LogP contribution in [0.15, 0.2) is 47.8 Å². The van der Waals surface area contributed by atoms with Gasteiger partial charge in [-0.15, -0.1) is 11.3 Å². The highest BCUT2D eigenvalue weighted by Crippen LogP contribution is 2.31. The summed E-state index contributed by atoms with van der Waals surface area (Å²) in [4.78, 5) is 27.2. The highest BCUT2D eigenvalue weighted by molar-refractivity contribution is 7.12. The minimum Gasteiger partial charge on any atom is -0.348 e. The molecule has 4 nitrogen and oxygen atoms in total. The number of thiophene rings is 1. The fourth-order valence-corrected chi connectivity index (χ4v) is 4.55. The Morgan fingerprint density at radius 1 is 1.11 bits per heavy atom. The van der Waals surface area contributed by atoms with Crippen molar-refractivity contribution in [2.45, 2.75) is 44.6 Å². The van der Waals surface area contributed by atoms with Gasteiger partial charge < -0.3 is 10.2 Å². The van der Waals surface area contributed by atoms with E-state index in [-0.39, 0.29) is 24.4 Å². The Balaban J connectivity index is 1.62. The first-order valence-electron chi connectivity index (χ1n) is 9.77. The second-order valence-electron chi connectivity index (χ2n) is 7.41. The van der Waals surface area contributed by atoms with E-state index in [2.05, 4.69) is 17.4 Å². The van der Waals surface area contributed by atoms with Crippen molar-refractivity contribution < 1.29 is 9.59 Å². The lowest BCUT2D eigenvalue weighted by molar-refractivity contribution is -0.122. The van der Waals surface area contributed by atoms with Crippen LogP contribution in [-0.2, 0) is 4.79 Å². The monoisotopic (exact) mass is 384 g/mol. The summed E-state index contributed by atoms with van der Waals surface area (Å²) in [7, 11) is 1.68. The van der Waals surface area contributed by atoms with Gasteiger partial charge in [-0.2, -0.15) is 0 Å².